The van der Waals surface area contributed by atoms with Gasteiger partial charge >= 0.3 is 0 Å². The van der Waals surface area contributed by atoms with Gasteiger partial charge in [-0.1, -0.05) is 6.92 Å². The van der Waals surface area contributed by atoms with E-state index < -0.39 is 0 Å². The predicted octanol–water partition coefficient (Wildman–Crippen LogP) is 0.970. The first-order valence-corrected chi connectivity index (χ1v) is 4.94. The van der Waals surface area contributed by atoms with Crippen molar-refractivity contribution < 1.29 is 0 Å². The third kappa shape index (κ3) is 1.37. The maximum absolute atomic E-state index is 4.54. The Morgan fingerprint density at radius 2 is 2.15 bits per heavy atom. The van der Waals surface area contributed by atoms with Crippen molar-refractivity contribution in [1.82, 2.24) is 14.7 Å². The molecule has 2 rings (SSSR count). The van der Waals surface area contributed by atoms with Crippen LogP contribution in [0.15, 0.2) is 0 Å². The van der Waals surface area contributed by atoms with Crippen LogP contribution in [0.2, 0.25) is 0 Å². The molecule has 1 aliphatic rings. The van der Waals surface area contributed by atoms with E-state index in [2.05, 4.69) is 35.7 Å². The number of rotatable bonds is 1. The van der Waals surface area contributed by atoms with E-state index >= 15 is 0 Å². The van der Waals surface area contributed by atoms with E-state index in [4.69, 9.17) is 0 Å². The van der Waals surface area contributed by atoms with Crippen molar-refractivity contribution in [3.63, 3.8) is 0 Å². The molecule has 72 valence electrons. The molecule has 0 unspecified atom stereocenters. The summed E-state index contributed by atoms with van der Waals surface area (Å²) in [5, 5.41) is 4.54. The van der Waals surface area contributed by atoms with Crippen molar-refractivity contribution in [2.75, 3.05) is 13.6 Å². The van der Waals surface area contributed by atoms with Crippen LogP contribution in [0.3, 0.4) is 0 Å². The fraction of sp³-hybridized carbons (Fsp3) is 0.700. The minimum absolute atomic E-state index is 1.05. The van der Waals surface area contributed by atoms with Gasteiger partial charge in [-0.15, -0.1) is 0 Å². The van der Waals surface area contributed by atoms with Gasteiger partial charge in [0.1, 0.15) is 0 Å². The Labute approximate surface area is 79.3 Å². The molecule has 0 saturated carbocycles. The molecule has 0 atom stereocenters. The monoisotopic (exact) mass is 179 g/mol. The molecule has 0 aromatic carbocycles. The smallest absolute Gasteiger partial charge is 0.0669 e. The highest BCUT2D eigenvalue weighted by Crippen LogP contribution is 2.21. The second-order valence-corrected chi connectivity index (χ2v) is 3.84. The maximum atomic E-state index is 4.54. The van der Waals surface area contributed by atoms with Gasteiger partial charge in [0.25, 0.3) is 0 Å². The summed E-state index contributed by atoms with van der Waals surface area (Å²) in [4.78, 5) is 2.36. The van der Waals surface area contributed by atoms with Gasteiger partial charge in [-0.3, -0.25) is 4.68 Å². The largest absolute Gasteiger partial charge is 0.302 e. The van der Waals surface area contributed by atoms with Crippen molar-refractivity contribution in [2.45, 2.75) is 26.3 Å². The van der Waals surface area contributed by atoms with Crippen LogP contribution in [0.5, 0.6) is 0 Å². The maximum Gasteiger partial charge on any atom is 0.0669 e. The van der Waals surface area contributed by atoms with Crippen LogP contribution in [-0.2, 0) is 26.4 Å². The second kappa shape index (κ2) is 3.14. The molecule has 0 bridgehead atoms. The fourth-order valence-electron chi connectivity index (χ4n) is 2.09. The van der Waals surface area contributed by atoms with Crippen LogP contribution in [0.25, 0.3) is 0 Å². The molecular weight excluding hydrogens is 162 g/mol. The van der Waals surface area contributed by atoms with Crippen LogP contribution in [0.1, 0.15) is 23.9 Å². The Bertz CT molecular complexity index is 314. The van der Waals surface area contributed by atoms with Gasteiger partial charge in [-0.25, -0.2) is 0 Å². The Morgan fingerprint density at radius 1 is 1.38 bits per heavy atom. The zero-order valence-corrected chi connectivity index (χ0v) is 8.67. The summed E-state index contributed by atoms with van der Waals surface area (Å²) >= 11 is 0. The minimum Gasteiger partial charge on any atom is -0.302 e. The molecule has 0 spiro atoms. The van der Waals surface area contributed by atoms with Crippen LogP contribution >= 0.6 is 0 Å². The molecule has 2 heterocycles. The zero-order chi connectivity index (χ0) is 9.42. The molecule has 0 aliphatic carbocycles. The molecule has 0 N–H and O–H groups in total. The van der Waals surface area contributed by atoms with E-state index in [0.717, 1.165) is 25.9 Å². The van der Waals surface area contributed by atoms with Gasteiger partial charge < -0.3 is 4.90 Å². The van der Waals surface area contributed by atoms with E-state index in [-0.39, 0.29) is 0 Å². The lowest BCUT2D eigenvalue weighted by molar-refractivity contribution is 0.308. The van der Waals surface area contributed by atoms with Crippen molar-refractivity contribution >= 4 is 0 Å². The SMILES string of the molecule is CCc1nn(C)c2c1CN(C)CC2. The first kappa shape index (κ1) is 8.75. The summed E-state index contributed by atoms with van der Waals surface area (Å²) in [6.45, 7) is 4.42. The van der Waals surface area contributed by atoms with Gasteiger partial charge in [0.15, 0.2) is 0 Å². The molecule has 13 heavy (non-hydrogen) atoms. The van der Waals surface area contributed by atoms with Crippen molar-refractivity contribution in [2.24, 2.45) is 7.05 Å². The van der Waals surface area contributed by atoms with Crippen molar-refractivity contribution in [3.05, 3.63) is 17.0 Å². The van der Waals surface area contributed by atoms with Gasteiger partial charge in [0, 0.05) is 37.8 Å². The van der Waals surface area contributed by atoms with E-state index in [1.165, 1.54) is 17.0 Å². The van der Waals surface area contributed by atoms with Gasteiger partial charge in [0.2, 0.25) is 0 Å². The molecular formula is C10H17N3. The second-order valence-electron chi connectivity index (χ2n) is 3.84. The number of aromatic nitrogens is 2. The van der Waals surface area contributed by atoms with Crippen molar-refractivity contribution in [1.29, 1.82) is 0 Å². The standard InChI is InChI=1S/C10H17N3/c1-4-9-8-7-12(2)6-5-10(8)13(3)11-9/h4-7H2,1-3H3. The van der Waals surface area contributed by atoms with E-state index in [0.29, 0.717) is 0 Å². The number of nitrogens with zero attached hydrogens (tertiary/aromatic N) is 3. The molecule has 0 saturated heterocycles. The summed E-state index contributed by atoms with van der Waals surface area (Å²) in [5.41, 5.74) is 4.19. The normalized spacial score (nSPS) is 17.5. The minimum atomic E-state index is 1.05. The highest BCUT2D eigenvalue weighted by atomic mass is 15.3. The number of aryl methyl sites for hydroxylation is 2. The Hall–Kier alpha value is -0.830. The third-order valence-electron chi connectivity index (χ3n) is 2.85. The molecule has 0 fully saturated rings. The summed E-state index contributed by atoms with van der Waals surface area (Å²) < 4.78 is 2.06. The van der Waals surface area contributed by atoms with Gasteiger partial charge in [-0.05, 0) is 13.5 Å². The molecule has 3 heteroatoms. The number of likely N-dealkylation sites (N-methyl/N-ethyl adjacent to an activating group) is 1. The molecule has 1 aromatic heterocycles. The molecule has 1 aliphatic heterocycles. The predicted molar refractivity (Wildman–Crippen MR) is 52.6 cm³/mol. The lowest BCUT2D eigenvalue weighted by Crippen LogP contribution is -2.27. The Morgan fingerprint density at radius 3 is 2.85 bits per heavy atom. The third-order valence-corrected chi connectivity index (χ3v) is 2.85. The molecule has 3 nitrogen and oxygen atoms in total. The highest BCUT2D eigenvalue weighted by Gasteiger charge is 2.20. The van der Waals surface area contributed by atoms with E-state index in [1.807, 2.05) is 0 Å². The first-order valence-electron chi connectivity index (χ1n) is 4.94. The quantitative estimate of drug-likeness (QED) is 0.640. The van der Waals surface area contributed by atoms with Crippen LogP contribution in [-0.4, -0.2) is 28.3 Å². The molecule has 0 amide bonds. The van der Waals surface area contributed by atoms with Gasteiger partial charge in [-0.2, -0.15) is 5.10 Å². The lowest BCUT2D eigenvalue weighted by Gasteiger charge is -2.23. The number of fused-ring (bicyclic) bond motifs is 1. The molecule has 1 aromatic rings. The summed E-state index contributed by atoms with van der Waals surface area (Å²) in [7, 11) is 4.23. The van der Waals surface area contributed by atoms with Crippen LogP contribution in [0.4, 0.5) is 0 Å². The average molecular weight is 179 g/mol. The van der Waals surface area contributed by atoms with Crippen molar-refractivity contribution in [3.8, 4) is 0 Å². The van der Waals surface area contributed by atoms with Crippen LogP contribution < -0.4 is 0 Å². The Kier molecular flexibility index (Phi) is 2.12. The first-order chi connectivity index (χ1) is 6.22. The molecule has 0 radical (unpaired) electrons. The summed E-state index contributed by atoms with van der Waals surface area (Å²) in [6.07, 6.45) is 2.20. The van der Waals surface area contributed by atoms with Gasteiger partial charge in [0.05, 0.1) is 5.69 Å². The van der Waals surface area contributed by atoms with E-state index in [9.17, 15) is 0 Å². The zero-order valence-electron chi connectivity index (χ0n) is 8.67. The van der Waals surface area contributed by atoms with Crippen LogP contribution in [0, 0.1) is 0 Å². The average Bonchev–Trinajstić information content (AvgIpc) is 2.42. The topological polar surface area (TPSA) is 21.1 Å². The highest BCUT2D eigenvalue weighted by molar-refractivity contribution is 5.28. The number of hydrogen-bond donors (Lipinski definition) is 0. The Balaban J connectivity index is 2.43. The lowest BCUT2D eigenvalue weighted by atomic mass is 10.0. The summed E-state index contributed by atoms with van der Waals surface area (Å²) in [6, 6.07) is 0. The number of hydrogen-bond acceptors (Lipinski definition) is 2. The summed E-state index contributed by atoms with van der Waals surface area (Å²) in [5.74, 6) is 0. The van der Waals surface area contributed by atoms with E-state index in [1.54, 1.807) is 0 Å². The fourth-order valence-corrected chi connectivity index (χ4v) is 2.09.